The lowest BCUT2D eigenvalue weighted by molar-refractivity contribution is -0.137. The first-order valence-corrected chi connectivity index (χ1v) is 17.1. The average Bonchev–Trinajstić information content (AvgIpc) is 3.47. The summed E-state index contributed by atoms with van der Waals surface area (Å²) in [7, 11) is 1.26. The van der Waals surface area contributed by atoms with Crippen molar-refractivity contribution in [2.24, 2.45) is 0 Å². The van der Waals surface area contributed by atoms with Gasteiger partial charge in [-0.1, -0.05) is 6.07 Å². The van der Waals surface area contributed by atoms with Crippen LogP contribution in [0.2, 0.25) is 0 Å². The van der Waals surface area contributed by atoms with Gasteiger partial charge in [0, 0.05) is 29.4 Å². The van der Waals surface area contributed by atoms with Gasteiger partial charge in [-0.3, -0.25) is 10.2 Å². The van der Waals surface area contributed by atoms with Gasteiger partial charge in [0.15, 0.2) is 5.82 Å². The fourth-order valence-electron chi connectivity index (χ4n) is 6.74. The molecule has 6 rings (SSSR count). The SMILES string of the molecule is COc1nc(N2CC3CCC(C2)N3C(=O)OC(C)(C)C)c2cc(C(F)(F)F)c(-c3ccc(F)c4sc(NC(=O)OC(C)(C)C)c(C)c34)c(F)c2n1. The number of halogens is 5. The first kappa shape index (κ1) is 36.3. The number of fused-ring (bicyclic) bond motifs is 4. The zero-order valence-corrected chi connectivity index (χ0v) is 30.2. The van der Waals surface area contributed by atoms with Gasteiger partial charge in [-0.25, -0.2) is 18.4 Å². The second-order valence-corrected chi connectivity index (χ2v) is 15.7. The van der Waals surface area contributed by atoms with E-state index in [4.69, 9.17) is 14.2 Å². The van der Waals surface area contributed by atoms with E-state index >= 15 is 22.0 Å². The number of piperazine rings is 1. The van der Waals surface area contributed by atoms with Crippen molar-refractivity contribution >= 4 is 55.3 Å². The monoisotopic (exact) mass is 735 g/mol. The minimum Gasteiger partial charge on any atom is -0.467 e. The van der Waals surface area contributed by atoms with Gasteiger partial charge >= 0.3 is 24.4 Å². The number of rotatable bonds is 4. The summed E-state index contributed by atoms with van der Waals surface area (Å²) in [5.41, 5.74) is -4.19. The summed E-state index contributed by atoms with van der Waals surface area (Å²) < 4.78 is 93.4. The minimum atomic E-state index is -5.07. The highest BCUT2D eigenvalue weighted by molar-refractivity contribution is 7.23. The molecule has 2 atom stereocenters. The van der Waals surface area contributed by atoms with E-state index in [2.05, 4.69) is 15.3 Å². The molecule has 4 aromatic rings. The first-order chi connectivity index (χ1) is 23.7. The lowest BCUT2D eigenvalue weighted by atomic mass is 9.92. The van der Waals surface area contributed by atoms with E-state index < -0.39 is 57.8 Å². The van der Waals surface area contributed by atoms with Gasteiger partial charge < -0.3 is 19.1 Å². The number of thiophene rings is 1. The fourth-order valence-corrected chi connectivity index (χ4v) is 7.87. The molecule has 2 aromatic carbocycles. The fraction of sp³-hybridized carbons (Fsp3) is 0.486. The van der Waals surface area contributed by atoms with Crippen LogP contribution in [0.4, 0.5) is 42.4 Å². The lowest BCUT2D eigenvalue weighted by Gasteiger charge is -2.42. The van der Waals surface area contributed by atoms with E-state index in [-0.39, 0.29) is 68.6 Å². The Labute approximate surface area is 294 Å². The smallest absolute Gasteiger partial charge is 0.417 e. The van der Waals surface area contributed by atoms with Gasteiger partial charge in [0.1, 0.15) is 33.4 Å². The van der Waals surface area contributed by atoms with Crippen molar-refractivity contribution in [1.82, 2.24) is 14.9 Å². The van der Waals surface area contributed by atoms with Crippen molar-refractivity contribution in [1.29, 1.82) is 0 Å². The second-order valence-electron chi connectivity index (χ2n) is 14.7. The molecule has 2 fully saturated rings. The van der Waals surface area contributed by atoms with Crippen molar-refractivity contribution in [3.63, 3.8) is 0 Å². The molecule has 51 heavy (non-hydrogen) atoms. The Bertz CT molecular complexity index is 2040. The molecular weight excluding hydrogens is 697 g/mol. The number of carbonyl (C=O) groups excluding carboxylic acids is 2. The summed E-state index contributed by atoms with van der Waals surface area (Å²) >= 11 is 0.795. The first-order valence-electron chi connectivity index (χ1n) is 16.3. The zero-order valence-electron chi connectivity index (χ0n) is 29.3. The van der Waals surface area contributed by atoms with Crippen LogP contribution in [0.3, 0.4) is 0 Å². The standard InChI is InChI=1S/C35H38F5N5O5S/c1-16-23-19(11-12-22(36)27(23)51-29(16)43-31(46)49-33(2,3)4)24-21(35(38,39)40)13-20-26(25(24)37)41-30(48-8)42-28(20)44-14-17-9-10-18(15-44)45(17)32(47)50-34(5,6)7/h11-13,17-18H,9-10,14-15H2,1-8H3,(H,43,46). The third-order valence-corrected chi connectivity index (χ3v) is 9.89. The number of nitrogens with zero attached hydrogens (tertiary/aromatic N) is 4. The maximum atomic E-state index is 16.9. The summed E-state index contributed by atoms with van der Waals surface area (Å²) in [6.45, 7) is 12.2. The van der Waals surface area contributed by atoms with Crippen molar-refractivity contribution in [3.8, 4) is 17.1 Å². The van der Waals surface area contributed by atoms with Gasteiger partial charge in [-0.2, -0.15) is 23.1 Å². The van der Waals surface area contributed by atoms with E-state index in [1.165, 1.54) is 14.0 Å². The third-order valence-electron chi connectivity index (χ3n) is 8.68. The molecule has 2 aromatic heterocycles. The number of benzene rings is 2. The van der Waals surface area contributed by atoms with Gasteiger partial charge in [-0.05, 0) is 84.6 Å². The predicted molar refractivity (Wildman–Crippen MR) is 184 cm³/mol. The van der Waals surface area contributed by atoms with Crippen LogP contribution in [0.1, 0.15) is 65.5 Å². The molecule has 2 unspecified atom stereocenters. The van der Waals surface area contributed by atoms with E-state index in [0.717, 1.165) is 29.5 Å². The number of hydrogen-bond donors (Lipinski definition) is 1. The summed E-state index contributed by atoms with van der Waals surface area (Å²) in [5, 5.41) is 2.46. The molecule has 2 bridgehead atoms. The number of anilines is 2. The quantitative estimate of drug-likeness (QED) is 0.207. The van der Waals surface area contributed by atoms with E-state index in [0.29, 0.717) is 12.8 Å². The number of aryl methyl sites for hydroxylation is 1. The lowest BCUT2D eigenvalue weighted by Crippen LogP contribution is -2.57. The number of ether oxygens (including phenoxy) is 3. The zero-order chi connectivity index (χ0) is 37.4. The average molecular weight is 736 g/mol. The molecule has 2 saturated heterocycles. The van der Waals surface area contributed by atoms with Crippen LogP contribution in [0.5, 0.6) is 6.01 Å². The minimum absolute atomic E-state index is 0.00843. The number of nitrogens with one attached hydrogen (secondary N) is 1. The van der Waals surface area contributed by atoms with Crippen LogP contribution in [0, 0.1) is 18.6 Å². The highest BCUT2D eigenvalue weighted by Crippen LogP contribution is 2.49. The summed E-state index contributed by atoms with van der Waals surface area (Å²) in [6.07, 6.45) is -5.12. The molecule has 2 aliphatic rings. The Balaban J connectivity index is 1.50. The number of aromatic nitrogens is 2. The topological polar surface area (TPSA) is 106 Å². The largest absolute Gasteiger partial charge is 0.467 e. The molecule has 16 heteroatoms. The van der Waals surface area contributed by atoms with Crippen LogP contribution >= 0.6 is 11.3 Å². The maximum absolute atomic E-state index is 16.9. The normalized spacial score (nSPS) is 18.1. The maximum Gasteiger partial charge on any atom is 0.417 e. The van der Waals surface area contributed by atoms with Crippen molar-refractivity contribution < 1.29 is 45.8 Å². The van der Waals surface area contributed by atoms with Gasteiger partial charge in [-0.15, -0.1) is 11.3 Å². The highest BCUT2D eigenvalue weighted by atomic mass is 32.1. The second kappa shape index (κ2) is 12.6. The predicted octanol–water partition coefficient (Wildman–Crippen LogP) is 9.06. The Morgan fingerprint density at radius 1 is 0.961 bits per heavy atom. The Morgan fingerprint density at radius 2 is 1.59 bits per heavy atom. The van der Waals surface area contributed by atoms with E-state index in [1.807, 2.05) is 0 Å². The van der Waals surface area contributed by atoms with Crippen LogP contribution in [-0.4, -0.2) is 70.5 Å². The highest BCUT2D eigenvalue weighted by Gasteiger charge is 2.46. The third kappa shape index (κ3) is 6.94. The number of methoxy groups -OCH3 is 1. The molecule has 0 spiro atoms. The molecule has 10 nitrogen and oxygen atoms in total. The molecule has 1 N–H and O–H groups in total. The Kier molecular flexibility index (Phi) is 9.00. The molecule has 4 heterocycles. The van der Waals surface area contributed by atoms with Crippen LogP contribution in [0.15, 0.2) is 18.2 Å². The van der Waals surface area contributed by atoms with Gasteiger partial charge in [0.25, 0.3) is 0 Å². The number of carbonyl (C=O) groups is 2. The van der Waals surface area contributed by atoms with Crippen LogP contribution in [0.25, 0.3) is 32.1 Å². The molecule has 2 amide bonds. The Hall–Kier alpha value is -4.47. The van der Waals surface area contributed by atoms with Gasteiger partial charge in [0.2, 0.25) is 0 Å². The van der Waals surface area contributed by atoms with E-state index in [1.54, 1.807) is 51.3 Å². The Morgan fingerprint density at radius 3 is 2.16 bits per heavy atom. The summed E-state index contributed by atoms with van der Waals surface area (Å²) in [6, 6.07) is 1.93. The molecule has 274 valence electrons. The molecule has 0 saturated carbocycles. The van der Waals surface area contributed by atoms with Crippen molar-refractivity contribution in [2.45, 2.75) is 90.8 Å². The molecule has 2 aliphatic heterocycles. The number of amides is 2. The number of alkyl halides is 3. The summed E-state index contributed by atoms with van der Waals surface area (Å²) in [4.78, 5) is 37.6. The summed E-state index contributed by atoms with van der Waals surface area (Å²) in [5.74, 6) is -2.05. The van der Waals surface area contributed by atoms with E-state index in [9.17, 15) is 9.59 Å². The molecular formula is C35H38F5N5O5S. The van der Waals surface area contributed by atoms with Crippen LogP contribution < -0.4 is 15.0 Å². The van der Waals surface area contributed by atoms with Crippen molar-refractivity contribution in [3.05, 3.63) is 41.0 Å². The van der Waals surface area contributed by atoms with Crippen molar-refractivity contribution in [2.75, 3.05) is 30.4 Å². The number of hydrogen-bond acceptors (Lipinski definition) is 9. The van der Waals surface area contributed by atoms with Crippen LogP contribution in [-0.2, 0) is 15.7 Å². The molecule has 0 aliphatic carbocycles. The van der Waals surface area contributed by atoms with Gasteiger partial charge in [0.05, 0.1) is 29.5 Å². The molecule has 0 radical (unpaired) electrons.